The highest BCUT2D eigenvalue weighted by Gasteiger charge is 2.26. The molecule has 2 N–H and O–H groups in total. The van der Waals surface area contributed by atoms with Crippen LogP contribution in [0.25, 0.3) is 0 Å². The van der Waals surface area contributed by atoms with Gasteiger partial charge in [-0.2, -0.15) is 0 Å². The normalized spacial score (nSPS) is 11.9. The molecular weight excluding hydrogens is 312 g/mol. The number of hydrogen-bond donors (Lipinski definition) is 1. The molecule has 0 saturated carbocycles. The van der Waals surface area contributed by atoms with Gasteiger partial charge in [0.05, 0.1) is 7.11 Å². The van der Waals surface area contributed by atoms with Crippen LogP contribution in [0.3, 0.4) is 0 Å². The summed E-state index contributed by atoms with van der Waals surface area (Å²) in [7, 11) is -0.657. The molecule has 0 saturated heterocycles. The summed E-state index contributed by atoms with van der Waals surface area (Å²) in [6.07, 6.45) is 2.84. The molecule has 0 aromatic heterocycles. The molecule has 120 valence electrons. The highest BCUT2D eigenvalue weighted by molar-refractivity contribution is 7.89. The number of methoxy groups -OCH3 is 1. The lowest BCUT2D eigenvalue weighted by Crippen LogP contribution is -2.28. The number of halogens is 1. The second kappa shape index (κ2) is 7.98. The Balaban J connectivity index is 3.21. The summed E-state index contributed by atoms with van der Waals surface area (Å²) < 4.78 is 31.9. The SMILES string of the molecule is CCCCCN(C)S(=O)(=O)c1cc(Cl)cc(CN)c1OC. The summed E-state index contributed by atoms with van der Waals surface area (Å²) in [5, 5.41) is 0.330. The molecule has 1 rings (SSSR count). The molecule has 0 fully saturated rings. The quantitative estimate of drug-likeness (QED) is 0.742. The molecule has 0 spiro atoms. The van der Waals surface area contributed by atoms with Gasteiger partial charge in [-0.15, -0.1) is 0 Å². The Morgan fingerprint density at radius 3 is 2.52 bits per heavy atom. The minimum atomic E-state index is -3.65. The van der Waals surface area contributed by atoms with E-state index in [0.717, 1.165) is 19.3 Å². The molecule has 0 unspecified atom stereocenters. The molecule has 0 atom stereocenters. The van der Waals surface area contributed by atoms with E-state index < -0.39 is 10.0 Å². The molecule has 0 heterocycles. The minimum absolute atomic E-state index is 0.0666. The van der Waals surface area contributed by atoms with Crippen LogP contribution < -0.4 is 10.5 Å². The van der Waals surface area contributed by atoms with Crippen molar-refractivity contribution in [3.8, 4) is 5.75 Å². The fraction of sp³-hybridized carbons (Fsp3) is 0.571. The first-order valence-electron chi connectivity index (χ1n) is 6.91. The average molecular weight is 335 g/mol. The lowest BCUT2D eigenvalue weighted by atomic mass is 10.2. The van der Waals surface area contributed by atoms with Crippen LogP contribution in [0.15, 0.2) is 17.0 Å². The Morgan fingerprint density at radius 1 is 1.33 bits per heavy atom. The highest BCUT2D eigenvalue weighted by Crippen LogP contribution is 2.33. The summed E-state index contributed by atoms with van der Waals surface area (Å²) in [5.74, 6) is 0.268. The second-order valence-corrected chi connectivity index (χ2v) is 7.28. The van der Waals surface area contributed by atoms with E-state index in [1.54, 1.807) is 13.1 Å². The van der Waals surface area contributed by atoms with Crippen molar-refractivity contribution < 1.29 is 13.2 Å². The first-order chi connectivity index (χ1) is 9.88. The third-order valence-corrected chi connectivity index (χ3v) is 5.37. The van der Waals surface area contributed by atoms with Crippen molar-refractivity contribution in [1.29, 1.82) is 0 Å². The summed E-state index contributed by atoms with van der Waals surface area (Å²) in [4.78, 5) is 0.0666. The zero-order valence-corrected chi connectivity index (χ0v) is 14.3. The molecule has 5 nitrogen and oxygen atoms in total. The second-order valence-electron chi connectivity index (χ2n) is 4.83. The minimum Gasteiger partial charge on any atom is -0.495 e. The molecule has 0 aliphatic heterocycles. The molecule has 0 radical (unpaired) electrons. The average Bonchev–Trinajstić information content (AvgIpc) is 2.46. The maximum absolute atomic E-state index is 12.7. The number of sulfonamides is 1. The van der Waals surface area contributed by atoms with Crippen LogP contribution >= 0.6 is 11.6 Å². The summed E-state index contributed by atoms with van der Waals surface area (Å²) in [5.41, 5.74) is 6.21. The van der Waals surface area contributed by atoms with E-state index in [1.165, 1.54) is 17.5 Å². The molecule has 1 aromatic rings. The zero-order valence-electron chi connectivity index (χ0n) is 12.7. The van der Waals surface area contributed by atoms with Gasteiger partial charge in [-0.25, -0.2) is 12.7 Å². The monoisotopic (exact) mass is 334 g/mol. The van der Waals surface area contributed by atoms with E-state index in [2.05, 4.69) is 6.92 Å². The van der Waals surface area contributed by atoms with Gasteiger partial charge < -0.3 is 10.5 Å². The van der Waals surface area contributed by atoms with Crippen LogP contribution in [-0.4, -0.2) is 33.4 Å². The maximum atomic E-state index is 12.7. The zero-order chi connectivity index (χ0) is 16.0. The Kier molecular flexibility index (Phi) is 6.93. The van der Waals surface area contributed by atoms with Gasteiger partial charge in [-0.05, 0) is 18.6 Å². The van der Waals surface area contributed by atoms with E-state index in [1.807, 2.05) is 0 Å². The van der Waals surface area contributed by atoms with Crippen LogP contribution in [-0.2, 0) is 16.6 Å². The van der Waals surface area contributed by atoms with E-state index in [-0.39, 0.29) is 17.2 Å². The molecular formula is C14H23ClN2O3S. The van der Waals surface area contributed by atoms with Crippen molar-refractivity contribution in [1.82, 2.24) is 4.31 Å². The van der Waals surface area contributed by atoms with Gasteiger partial charge in [0, 0.05) is 30.7 Å². The van der Waals surface area contributed by atoms with Gasteiger partial charge in [0.1, 0.15) is 10.6 Å². The fourth-order valence-corrected chi connectivity index (χ4v) is 3.81. The van der Waals surface area contributed by atoms with Crippen molar-refractivity contribution >= 4 is 21.6 Å². The molecule has 0 amide bonds. The van der Waals surface area contributed by atoms with Gasteiger partial charge in [0.15, 0.2) is 0 Å². The number of rotatable bonds is 8. The van der Waals surface area contributed by atoms with Gasteiger partial charge in [0.2, 0.25) is 10.0 Å². The number of unbranched alkanes of at least 4 members (excludes halogenated alkanes) is 2. The van der Waals surface area contributed by atoms with Crippen LogP contribution in [0.2, 0.25) is 5.02 Å². The molecule has 0 bridgehead atoms. The fourth-order valence-electron chi connectivity index (χ4n) is 2.07. The molecule has 7 heteroatoms. The topological polar surface area (TPSA) is 72.6 Å². The van der Waals surface area contributed by atoms with Crippen LogP contribution in [0.4, 0.5) is 0 Å². The first-order valence-corrected chi connectivity index (χ1v) is 8.73. The predicted molar refractivity (Wildman–Crippen MR) is 85.2 cm³/mol. The van der Waals surface area contributed by atoms with Gasteiger partial charge >= 0.3 is 0 Å². The molecule has 21 heavy (non-hydrogen) atoms. The summed E-state index contributed by atoms with van der Waals surface area (Å²) in [6, 6.07) is 3.03. The number of hydrogen-bond acceptors (Lipinski definition) is 4. The van der Waals surface area contributed by atoms with E-state index in [0.29, 0.717) is 17.1 Å². The van der Waals surface area contributed by atoms with Gasteiger partial charge in [0.25, 0.3) is 0 Å². The number of nitrogens with zero attached hydrogens (tertiary/aromatic N) is 1. The third-order valence-electron chi connectivity index (χ3n) is 3.29. The van der Waals surface area contributed by atoms with Crippen LogP contribution in [0.5, 0.6) is 5.75 Å². The Bertz CT molecular complexity index is 576. The molecule has 0 aliphatic rings. The smallest absolute Gasteiger partial charge is 0.246 e. The third kappa shape index (κ3) is 4.32. The van der Waals surface area contributed by atoms with Crippen molar-refractivity contribution in [3.05, 3.63) is 22.7 Å². The van der Waals surface area contributed by atoms with E-state index in [9.17, 15) is 8.42 Å². The predicted octanol–water partition coefficient (Wildman–Crippen LogP) is 2.62. The maximum Gasteiger partial charge on any atom is 0.246 e. The van der Waals surface area contributed by atoms with Crippen LogP contribution in [0.1, 0.15) is 31.7 Å². The highest BCUT2D eigenvalue weighted by atomic mass is 35.5. The van der Waals surface area contributed by atoms with Crippen molar-refractivity contribution in [2.75, 3.05) is 20.7 Å². The number of nitrogens with two attached hydrogens (primary N) is 1. The number of ether oxygens (including phenoxy) is 1. The van der Waals surface area contributed by atoms with Gasteiger partial charge in [-0.1, -0.05) is 31.4 Å². The molecule has 1 aromatic carbocycles. The number of benzene rings is 1. The van der Waals surface area contributed by atoms with Crippen molar-refractivity contribution in [2.45, 2.75) is 37.6 Å². The van der Waals surface area contributed by atoms with E-state index in [4.69, 9.17) is 22.1 Å². The lowest BCUT2D eigenvalue weighted by Gasteiger charge is -2.20. The Hall–Kier alpha value is -0.820. The van der Waals surface area contributed by atoms with Gasteiger partial charge in [-0.3, -0.25) is 0 Å². The largest absolute Gasteiger partial charge is 0.495 e. The first kappa shape index (κ1) is 18.2. The lowest BCUT2D eigenvalue weighted by molar-refractivity contribution is 0.392. The molecule has 0 aliphatic carbocycles. The Morgan fingerprint density at radius 2 is 2.00 bits per heavy atom. The van der Waals surface area contributed by atoms with Crippen LogP contribution in [0, 0.1) is 0 Å². The van der Waals surface area contributed by atoms with Crippen molar-refractivity contribution in [2.24, 2.45) is 5.73 Å². The van der Waals surface area contributed by atoms with Crippen molar-refractivity contribution in [3.63, 3.8) is 0 Å². The summed E-state index contributed by atoms with van der Waals surface area (Å²) in [6.45, 7) is 2.69. The van der Waals surface area contributed by atoms with E-state index >= 15 is 0 Å². The summed E-state index contributed by atoms with van der Waals surface area (Å²) >= 11 is 6.00. The Labute approximate surface area is 132 Å². The standard InChI is InChI=1S/C14H23ClN2O3S/c1-4-5-6-7-17(2)21(18,19)13-9-12(15)8-11(10-16)14(13)20-3/h8-9H,4-7,10,16H2,1-3H3.